The molecule has 1 aliphatic heterocycles. The molecule has 116 valence electrons. The van der Waals surface area contributed by atoms with E-state index in [0.29, 0.717) is 6.42 Å². The molecular formula is C14H14NO6P. The first kappa shape index (κ1) is 15.1. The molecule has 0 radical (unpaired) electrons. The molecule has 22 heavy (non-hydrogen) atoms. The highest BCUT2D eigenvalue weighted by Crippen LogP contribution is 2.39. The van der Waals surface area contributed by atoms with E-state index in [1.165, 1.54) is 12.1 Å². The maximum Gasteiger partial charge on any atom is 0.343 e. The zero-order valence-corrected chi connectivity index (χ0v) is 12.7. The van der Waals surface area contributed by atoms with Crippen LogP contribution >= 0.6 is 9.47 Å². The second-order valence-electron chi connectivity index (χ2n) is 5.21. The first-order valence-electron chi connectivity index (χ1n) is 6.67. The fraction of sp³-hybridized carbons (Fsp3) is 0.357. The molecule has 3 rings (SSSR count). The molecule has 2 bridgehead atoms. The molecule has 7 nitrogen and oxygen atoms in total. The zero-order valence-electron chi connectivity index (χ0n) is 11.5. The number of carbonyl (C=O) groups excluding carboxylic acids is 1. The van der Waals surface area contributed by atoms with Crippen LogP contribution in [0.4, 0.5) is 5.69 Å². The summed E-state index contributed by atoms with van der Waals surface area (Å²) in [6.45, 7) is 0.274. The Morgan fingerprint density at radius 3 is 2.77 bits per heavy atom. The van der Waals surface area contributed by atoms with Gasteiger partial charge >= 0.3 is 5.97 Å². The van der Waals surface area contributed by atoms with Crippen molar-refractivity contribution in [3.8, 4) is 0 Å². The van der Waals surface area contributed by atoms with Crippen molar-refractivity contribution in [1.82, 2.24) is 0 Å². The third kappa shape index (κ3) is 2.63. The van der Waals surface area contributed by atoms with Crippen molar-refractivity contribution in [2.75, 3.05) is 0 Å². The molecule has 1 aromatic rings. The number of benzene rings is 1. The lowest BCUT2D eigenvalue weighted by Gasteiger charge is -2.26. The van der Waals surface area contributed by atoms with E-state index < -0.39 is 16.5 Å². The van der Waals surface area contributed by atoms with Crippen molar-refractivity contribution < 1.29 is 23.7 Å². The largest absolute Gasteiger partial charge is 0.457 e. The first-order valence-corrected chi connectivity index (χ1v) is 7.14. The van der Waals surface area contributed by atoms with Gasteiger partial charge in [-0.15, -0.1) is 0 Å². The lowest BCUT2D eigenvalue weighted by Crippen LogP contribution is -2.37. The number of nitrogens with zero attached hydrogens (tertiary/aromatic N) is 1. The summed E-state index contributed by atoms with van der Waals surface area (Å²) in [4.78, 5) is 21.9. The van der Waals surface area contributed by atoms with Crippen LogP contribution in [0.25, 0.3) is 0 Å². The van der Waals surface area contributed by atoms with Crippen LogP contribution in [0.1, 0.15) is 12.0 Å². The van der Waals surface area contributed by atoms with E-state index in [1.54, 1.807) is 24.3 Å². The van der Waals surface area contributed by atoms with E-state index in [1.807, 2.05) is 0 Å². The molecule has 0 aromatic heterocycles. The van der Waals surface area contributed by atoms with Crippen molar-refractivity contribution >= 4 is 21.1 Å². The highest BCUT2D eigenvalue weighted by atomic mass is 31.0. The summed E-state index contributed by atoms with van der Waals surface area (Å²) in [5, 5.41) is 10.6. The van der Waals surface area contributed by atoms with E-state index in [4.69, 9.17) is 14.0 Å². The van der Waals surface area contributed by atoms with Gasteiger partial charge in [0.1, 0.15) is 12.2 Å². The van der Waals surface area contributed by atoms with Gasteiger partial charge in [0.2, 0.25) is 0 Å². The van der Waals surface area contributed by atoms with Crippen LogP contribution in [0.5, 0.6) is 0 Å². The Labute approximate surface area is 128 Å². The number of hydrogen-bond donors (Lipinski definition) is 0. The molecule has 8 heteroatoms. The fourth-order valence-corrected chi connectivity index (χ4v) is 2.83. The summed E-state index contributed by atoms with van der Waals surface area (Å²) in [5.41, 5.74) is -0.168. The van der Waals surface area contributed by atoms with Gasteiger partial charge in [0.25, 0.3) is 5.69 Å². The van der Waals surface area contributed by atoms with Gasteiger partial charge in [-0.3, -0.25) is 10.1 Å². The van der Waals surface area contributed by atoms with Gasteiger partial charge in [0.05, 0.1) is 11.5 Å². The molecule has 1 heterocycles. The Balaban J connectivity index is 1.63. The predicted molar refractivity (Wildman–Crippen MR) is 78.8 cm³/mol. The second kappa shape index (κ2) is 5.76. The zero-order chi connectivity index (χ0) is 15.7. The monoisotopic (exact) mass is 323 g/mol. The molecular weight excluding hydrogens is 309 g/mol. The molecule has 1 unspecified atom stereocenters. The van der Waals surface area contributed by atoms with Gasteiger partial charge < -0.3 is 14.0 Å². The predicted octanol–water partition coefficient (Wildman–Crippen LogP) is 1.91. The van der Waals surface area contributed by atoms with E-state index in [0.717, 1.165) is 5.56 Å². The van der Waals surface area contributed by atoms with Gasteiger partial charge in [0.15, 0.2) is 5.60 Å². The number of esters is 1. The summed E-state index contributed by atoms with van der Waals surface area (Å²) in [7, 11) is 2.09. The lowest BCUT2D eigenvalue weighted by molar-refractivity contribution is -0.384. The summed E-state index contributed by atoms with van der Waals surface area (Å²) < 4.78 is 16.2. The van der Waals surface area contributed by atoms with Gasteiger partial charge in [-0.2, -0.15) is 0 Å². The molecule has 0 spiro atoms. The van der Waals surface area contributed by atoms with Crippen LogP contribution in [-0.4, -0.2) is 28.7 Å². The van der Waals surface area contributed by atoms with Crippen LogP contribution in [-0.2, 0) is 25.4 Å². The van der Waals surface area contributed by atoms with E-state index >= 15 is 0 Å². The number of non-ortho nitro benzene ring substituents is 1. The van der Waals surface area contributed by atoms with Crippen molar-refractivity contribution in [3.05, 3.63) is 52.1 Å². The number of ether oxygens (including phenoxy) is 2. The minimum absolute atomic E-state index is 0.0356. The third-order valence-corrected chi connectivity index (χ3v) is 4.25. The quantitative estimate of drug-likeness (QED) is 0.270. The number of nitro benzene ring substituents is 1. The molecule has 1 aliphatic carbocycles. The van der Waals surface area contributed by atoms with Crippen LogP contribution in [0.2, 0.25) is 0 Å². The van der Waals surface area contributed by atoms with Crippen LogP contribution in [0.3, 0.4) is 0 Å². The molecule has 1 fully saturated rings. The summed E-state index contributed by atoms with van der Waals surface area (Å²) in [6.07, 6.45) is 3.10. The maximum absolute atomic E-state index is 11.8. The molecule has 0 amide bonds. The number of fused-ring (bicyclic) bond motifs is 2. The van der Waals surface area contributed by atoms with Crippen LogP contribution in [0.15, 0.2) is 36.4 Å². The minimum atomic E-state index is -1.01. The van der Waals surface area contributed by atoms with E-state index in [9.17, 15) is 14.9 Å². The number of hydrogen-bond acceptors (Lipinski definition) is 6. The Morgan fingerprint density at radius 2 is 2.14 bits per heavy atom. The SMILES string of the molecule is O=C1O[C@H]2C[C@@]1(OP)C=C[C@H]2OCc1ccc([N+](=O)[O-])cc1. The highest BCUT2D eigenvalue weighted by molar-refractivity contribution is 7.10. The summed E-state index contributed by atoms with van der Waals surface area (Å²) >= 11 is 0. The molecule has 2 aliphatic rings. The average molecular weight is 323 g/mol. The minimum Gasteiger partial charge on any atom is -0.457 e. The normalized spacial score (nSPS) is 29.4. The summed E-state index contributed by atoms with van der Waals surface area (Å²) in [5.74, 6) is -0.412. The average Bonchev–Trinajstić information content (AvgIpc) is 2.79. The Bertz CT molecular complexity index is 631. The number of nitro groups is 1. The smallest absolute Gasteiger partial charge is 0.343 e. The maximum atomic E-state index is 11.8. The molecule has 1 saturated heterocycles. The first-order chi connectivity index (χ1) is 10.5. The molecule has 1 aromatic carbocycles. The van der Waals surface area contributed by atoms with Crippen LogP contribution < -0.4 is 0 Å². The van der Waals surface area contributed by atoms with Gasteiger partial charge in [-0.1, -0.05) is 6.08 Å². The van der Waals surface area contributed by atoms with E-state index in [-0.39, 0.29) is 24.5 Å². The second-order valence-corrected chi connectivity index (χ2v) is 5.45. The lowest BCUT2D eigenvalue weighted by atomic mass is 9.91. The molecule has 4 atom stereocenters. The van der Waals surface area contributed by atoms with Gasteiger partial charge in [-0.25, -0.2) is 4.79 Å². The molecule has 0 N–H and O–H groups in total. The van der Waals surface area contributed by atoms with Crippen LogP contribution in [0, 0.1) is 10.1 Å². The van der Waals surface area contributed by atoms with Crippen molar-refractivity contribution in [2.45, 2.75) is 30.8 Å². The number of carbonyl (C=O) groups is 1. The third-order valence-electron chi connectivity index (χ3n) is 3.83. The molecule has 0 saturated carbocycles. The van der Waals surface area contributed by atoms with Crippen molar-refractivity contribution in [3.63, 3.8) is 0 Å². The van der Waals surface area contributed by atoms with Gasteiger partial charge in [-0.05, 0) is 23.8 Å². The van der Waals surface area contributed by atoms with Crippen molar-refractivity contribution in [2.24, 2.45) is 0 Å². The van der Waals surface area contributed by atoms with E-state index in [2.05, 4.69) is 9.47 Å². The fourth-order valence-electron chi connectivity index (χ4n) is 2.56. The number of rotatable bonds is 5. The topological polar surface area (TPSA) is 87.9 Å². The standard InChI is InChI=1S/C14H14NO6P/c16-13-14(21-22)6-5-11(12(7-14)20-13)19-8-9-1-3-10(4-2-9)15(17)18/h1-6,11-12H,7-8,22H2/t11-,12+,14+/m1/s1. The highest BCUT2D eigenvalue weighted by Gasteiger charge is 2.53. The Hall–Kier alpha value is -1.82. The Morgan fingerprint density at radius 1 is 1.41 bits per heavy atom. The summed E-state index contributed by atoms with van der Waals surface area (Å²) in [6, 6.07) is 6.14. The van der Waals surface area contributed by atoms with Crippen molar-refractivity contribution in [1.29, 1.82) is 0 Å². The van der Waals surface area contributed by atoms with Gasteiger partial charge in [0, 0.05) is 28.0 Å². The Kier molecular flexibility index (Phi) is 3.95.